The van der Waals surface area contributed by atoms with Gasteiger partial charge in [0, 0.05) is 0 Å². The molecule has 6 heteroatoms. The molecule has 88 valence electrons. The Hall–Kier alpha value is -0.240. The fourth-order valence-corrected chi connectivity index (χ4v) is 1.97. The number of fused-ring (bicyclic) bond motifs is 1. The molecule has 2 aliphatic heterocycles. The first-order chi connectivity index (χ1) is 6.88. The fourth-order valence-electron chi connectivity index (χ4n) is 1.97. The van der Waals surface area contributed by atoms with Crippen molar-refractivity contribution in [2.24, 2.45) is 0 Å². The van der Waals surface area contributed by atoms with Crippen LogP contribution in [0.2, 0.25) is 0 Å². The van der Waals surface area contributed by atoms with Crippen molar-refractivity contribution in [3.8, 4) is 0 Å². The smallest absolute Gasteiger partial charge is 0.218 e. The lowest BCUT2D eigenvalue weighted by atomic mass is 9.98. The normalized spacial score (nSPS) is 49.0. The number of hydrogen-bond donors (Lipinski definition) is 3. The lowest BCUT2D eigenvalue weighted by Crippen LogP contribution is -2.61. The lowest BCUT2D eigenvalue weighted by Gasteiger charge is -2.39. The van der Waals surface area contributed by atoms with Crippen LogP contribution in [-0.2, 0) is 14.2 Å². The van der Waals surface area contributed by atoms with E-state index in [0.29, 0.717) is 0 Å². The lowest BCUT2D eigenvalue weighted by molar-refractivity contribution is -0.318. The highest BCUT2D eigenvalue weighted by atomic mass is 16.8. The quantitative estimate of drug-likeness (QED) is 0.502. The zero-order chi connectivity index (χ0) is 11.3. The molecule has 2 rings (SSSR count). The van der Waals surface area contributed by atoms with Gasteiger partial charge in [-0.3, -0.25) is 0 Å². The Balaban J connectivity index is 2.16. The van der Waals surface area contributed by atoms with Gasteiger partial charge < -0.3 is 29.5 Å². The third kappa shape index (κ3) is 1.77. The van der Waals surface area contributed by atoms with Crippen LogP contribution in [0.3, 0.4) is 0 Å². The Morgan fingerprint density at radius 1 is 1.33 bits per heavy atom. The molecule has 0 spiro atoms. The molecule has 0 amide bonds. The Labute approximate surface area is 87.4 Å². The number of aliphatic hydroxyl groups excluding tert-OH is 2. The molecule has 2 heterocycles. The first kappa shape index (κ1) is 11.3. The van der Waals surface area contributed by atoms with Gasteiger partial charge in [-0.1, -0.05) is 0 Å². The van der Waals surface area contributed by atoms with Crippen LogP contribution in [0, 0.1) is 0 Å². The number of rotatable bonds is 1. The van der Waals surface area contributed by atoms with E-state index in [0.717, 1.165) is 0 Å². The molecule has 2 fully saturated rings. The highest BCUT2D eigenvalue weighted by Gasteiger charge is 2.56. The van der Waals surface area contributed by atoms with Gasteiger partial charge in [-0.2, -0.15) is 0 Å². The molecule has 0 saturated carbocycles. The zero-order valence-electron chi connectivity index (χ0n) is 8.71. The maximum absolute atomic E-state index is 9.79. The molecule has 2 aliphatic rings. The average molecular weight is 220 g/mol. The van der Waals surface area contributed by atoms with Gasteiger partial charge in [0.15, 0.2) is 5.79 Å². The first-order valence-electron chi connectivity index (χ1n) is 4.89. The van der Waals surface area contributed by atoms with Gasteiger partial charge in [-0.25, -0.2) is 0 Å². The van der Waals surface area contributed by atoms with Crippen molar-refractivity contribution in [2.45, 2.75) is 43.7 Å². The van der Waals surface area contributed by atoms with E-state index in [2.05, 4.69) is 0 Å². The highest BCUT2D eigenvalue weighted by molar-refractivity contribution is 4.97. The minimum atomic E-state index is -1.95. The minimum absolute atomic E-state index is 0.0855. The zero-order valence-corrected chi connectivity index (χ0v) is 8.71. The van der Waals surface area contributed by atoms with E-state index in [4.69, 9.17) is 19.3 Å². The summed E-state index contributed by atoms with van der Waals surface area (Å²) in [7, 11) is 0. The molecular formula is C9H16O6. The van der Waals surface area contributed by atoms with Gasteiger partial charge in [0.05, 0.1) is 13.2 Å². The van der Waals surface area contributed by atoms with Crippen LogP contribution in [-0.4, -0.2) is 58.4 Å². The molecule has 6 nitrogen and oxygen atoms in total. The summed E-state index contributed by atoms with van der Waals surface area (Å²) in [5, 5.41) is 28.4. The maximum Gasteiger partial charge on any atom is 0.218 e. The summed E-state index contributed by atoms with van der Waals surface area (Å²) in [5.74, 6) is -2.76. The van der Waals surface area contributed by atoms with Crippen molar-refractivity contribution in [1.82, 2.24) is 0 Å². The molecule has 0 aromatic carbocycles. The highest BCUT2D eigenvalue weighted by Crippen LogP contribution is 2.37. The van der Waals surface area contributed by atoms with E-state index in [1.54, 1.807) is 13.8 Å². The summed E-state index contributed by atoms with van der Waals surface area (Å²) in [6.07, 6.45) is -2.41. The second-order valence-corrected chi connectivity index (χ2v) is 4.40. The third-order valence-corrected chi connectivity index (χ3v) is 2.72. The SMILES string of the molecule is CC1(C)O[C@@H]2[C@@H](CO[C@](O)(CO)[C@H]2O)O1. The molecule has 0 aromatic heterocycles. The summed E-state index contributed by atoms with van der Waals surface area (Å²) in [5.41, 5.74) is 0. The number of aliphatic hydroxyl groups is 3. The Bertz CT molecular complexity index is 255. The van der Waals surface area contributed by atoms with Crippen molar-refractivity contribution < 1.29 is 29.5 Å². The largest absolute Gasteiger partial charge is 0.391 e. The predicted octanol–water partition coefficient (Wildman–Crippen LogP) is -1.42. The molecular weight excluding hydrogens is 204 g/mol. The van der Waals surface area contributed by atoms with Gasteiger partial charge >= 0.3 is 0 Å². The Morgan fingerprint density at radius 3 is 2.60 bits per heavy atom. The molecule has 0 radical (unpaired) electrons. The molecule has 2 saturated heterocycles. The van der Waals surface area contributed by atoms with Crippen LogP contribution < -0.4 is 0 Å². The minimum Gasteiger partial charge on any atom is -0.391 e. The molecule has 4 atom stereocenters. The van der Waals surface area contributed by atoms with Gasteiger partial charge in [0.25, 0.3) is 0 Å². The van der Waals surface area contributed by atoms with Crippen LogP contribution >= 0.6 is 0 Å². The molecule has 0 bridgehead atoms. The number of hydrogen-bond acceptors (Lipinski definition) is 6. The molecule has 3 N–H and O–H groups in total. The van der Waals surface area contributed by atoms with E-state index in [1.165, 1.54) is 0 Å². The summed E-state index contributed by atoms with van der Waals surface area (Å²) in [4.78, 5) is 0. The van der Waals surface area contributed by atoms with E-state index in [1.807, 2.05) is 0 Å². The monoisotopic (exact) mass is 220 g/mol. The maximum atomic E-state index is 9.79. The van der Waals surface area contributed by atoms with E-state index < -0.39 is 36.5 Å². The van der Waals surface area contributed by atoms with Crippen molar-refractivity contribution >= 4 is 0 Å². The van der Waals surface area contributed by atoms with Crippen LogP contribution in [0.15, 0.2) is 0 Å². The summed E-state index contributed by atoms with van der Waals surface area (Å²) in [6.45, 7) is 2.84. The van der Waals surface area contributed by atoms with E-state index in [9.17, 15) is 10.2 Å². The molecule has 0 aromatic rings. The summed E-state index contributed by atoms with van der Waals surface area (Å²) < 4.78 is 15.9. The van der Waals surface area contributed by atoms with Gasteiger partial charge in [-0.15, -0.1) is 0 Å². The topological polar surface area (TPSA) is 88.4 Å². The predicted molar refractivity (Wildman–Crippen MR) is 47.8 cm³/mol. The fraction of sp³-hybridized carbons (Fsp3) is 1.00. The van der Waals surface area contributed by atoms with Gasteiger partial charge in [-0.05, 0) is 13.8 Å². The standard InChI is InChI=1S/C9H16O6/c1-8(2)14-5-3-13-9(12,4-10)7(11)6(5)15-8/h5-7,10-12H,3-4H2,1-2H3/t5-,6-,7+,9-/m1/s1. The van der Waals surface area contributed by atoms with Crippen molar-refractivity contribution in [3.63, 3.8) is 0 Å². The van der Waals surface area contributed by atoms with E-state index >= 15 is 0 Å². The van der Waals surface area contributed by atoms with Crippen molar-refractivity contribution in [1.29, 1.82) is 0 Å². The molecule has 0 aliphatic carbocycles. The summed E-state index contributed by atoms with van der Waals surface area (Å²) in [6, 6.07) is 0. The number of ether oxygens (including phenoxy) is 3. The van der Waals surface area contributed by atoms with Crippen LogP contribution in [0.5, 0.6) is 0 Å². The molecule has 0 unspecified atom stereocenters. The van der Waals surface area contributed by atoms with Crippen LogP contribution in [0.25, 0.3) is 0 Å². The van der Waals surface area contributed by atoms with Gasteiger partial charge in [0.1, 0.15) is 18.3 Å². The van der Waals surface area contributed by atoms with Gasteiger partial charge in [0.2, 0.25) is 5.79 Å². The van der Waals surface area contributed by atoms with Crippen LogP contribution in [0.1, 0.15) is 13.8 Å². The molecule has 15 heavy (non-hydrogen) atoms. The van der Waals surface area contributed by atoms with Crippen LogP contribution in [0.4, 0.5) is 0 Å². The van der Waals surface area contributed by atoms with Crippen molar-refractivity contribution in [2.75, 3.05) is 13.2 Å². The third-order valence-electron chi connectivity index (χ3n) is 2.72. The Morgan fingerprint density at radius 2 is 2.00 bits per heavy atom. The average Bonchev–Trinajstić information content (AvgIpc) is 2.48. The second-order valence-electron chi connectivity index (χ2n) is 4.40. The van der Waals surface area contributed by atoms with Crippen molar-refractivity contribution in [3.05, 3.63) is 0 Å². The van der Waals surface area contributed by atoms with E-state index in [-0.39, 0.29) is 6.61 Å². The summed E-state index contributed by atoms with van der Waals surface area (Å²) >= 11 is 0. The second kappa shape index (κ2) is 3.38. The Kier molecular flexibility index (Phi) is 2.53. The first-order valence-corrected chi connectivity index (χ1v) is 4.89.